The Hall–Kier alpha value is -2.29. The van der Waals surface area contributed by atoms with Gasteiger partial charge in [0, 0.05) is 19.8 Å². The third kappa shape index (κ3) is 3.92. The Morgan fingerprint density at radius 3 is 2.78 bits per heavy atom. The first kappa shape index (κ1) is 17.1. The molecule has 0 spiro atoms. The molecule has 0 saturated heterocycles. The molecule has 0 bridgehead atoms. The van der Waals surface area contributed by atoms with E-state index in [9.17, 15) is 13.2 Å². The fourth-order valence-corrected chi connectivity index (χ4v) is 2.07. The molecule has 6 nitrogen and oxygen atoms in total. The third-order valence-electron chi connectivity index (χ3n) is 2.91. The van der Waals surface area contributed by atoms with Crippen LogP contribution >= 0.6 is 11.6 Å². The Morgan fingerprint density at radius 2 is 2.17 bits per heavy atom. The van der Waals surface area contributed by atoms with Gasteiger partial charge in [-0.2, -0.15) is 13.2 Å². The average Bonchev–Trinajstić information content (AvgIpc) is 2.90. The number of alkyl halides is 3. The summed E-state index contributed by atoms with van der Waals surface area (Å²) in [6.07, 6.45) is -1.94. The molecule has 2 rings (SSSR count). The van der Waals surface area contributed by atoms with Crippen molar-refractivity contribution in [3.8, 4) is 0 Å². The summed E-state index contributed by atoms with van der Waals surface area (Å²) in [6.45, 7) is 4.18. The van der Waals surface area contributed by atoms with Crippen molar-refractivity contribution in [3.05, 3.63) is 41.3 Å². The first-order valence-electron chi connectivity index (χ1n) is 6.52. The zero-order valence-electron chi connectivity index (χ0n) is 12.2. The summed E-state index contributed by atoms with van der Waals surface area (Å²) in [6, 6.07) is 0.827. The minimum atomic E-state index is -4.51. The van der Waals surface area contributed by atoms with Gasteiger partial charge in [0.15, 0.2) is 17.4 Å². The number of nitrogens with one attached hydrogen (secondary N) is 2. The van der Waals surface area contributed by atoms with E-state index in [1.807, 2.05) is 0 Å². The number of hydrogen-bond acceptors (Lipinski definition) is 3. The number of halogens is 4. The van der Waals surface area contributed by atoms with Crippen LogP contribution in [0.4, 0.5) is 13.2 Å². The molecule has 0 aliphatic carbocycles. The number of fused-ring (bicyclic) bond motifs is 1. The van der Waals surface area contributed by atoms with Gasteiger partial charge in [0.1, 0.15) is 0 Å². The van der Waals surface area contributed by atoms with Crippen LogP contribution < -0.4 is 10.6 Å². The molecule has 10 heteroatoms. The molecule has 23 heavy (non-hydrogen) atoms. The van der Waals surface area contributed by atoms with Crippen LogP contribution in [-0.4, -0.2) is 34.2 Å². The second kappa shape index (κ2) is 6.86. The fourth-order valence-electron chi connectivity index (χ4n) is 1.83. The van der Waals surface area contributed by atoms with E-state index in [0.29, 0.717) is 12.5 Å². The molecule has 0 atom stereocenters. The van der Waals surface area contributed by atoms with Crippen molar-refractivity contribution < 1.29 is 13.2 Å². The maximum atomic E-state index is 12.9. The van der Waals surface area contributed by atoms with E-state index in [0.717, 1.165) is 12.3 Å². The minimum absolute atomic E-state index is 0.118. The van der Waals surface area contributed by atoms with Crippen LogP contribution in [-0.2, 0) is 12.7 Å². The third-order valence-corrected chi connectivity index (χ3v) is 3.19. The van der Waals surface area contributed by atoms with Gasteiger partial charge in [0.25, 0.3) is 0 Å². The van der Waals surface area contributed by atoms with E-state index < -0.39 is 11.7 Å². The molecule has 0 aromatic carbocycles. The van der Waals surface area contributed by atoms with Crippen LogP contribution in [0.25, 0.3) is 5.65 Å². The summed E-state index contributed by atoms with van der Waals surface area (Å²) in [7, 11) is 1.57. The summed E-state index contributed by atoms with van der Waals surface area (Å²) in [5, 5.41) is 13.4. The van der Waals surface area contributed by atoms with E-state index in [4.69, 9.17) is 11.6 Å². The fraction of sp³-hybridized carbons (Fsp3) is 0.308. The smallest absolute Gasteiger partial charge is 0.353 e. The van der Waals surface area contributed by atoms with Gasteiger partial charge >= 0.3 is 6.18 Å². The summed E-state index contributed by atoms with van der Waals surface area (Å²) >= 11 is 5.85. The number of hydrogen-bond donors (Lipinski definition) is 2. The van der Waals surface area contributed by atoms with Crippen LogP contribution in [0.15, 0.2) is 29.9 Å². The summed E-state index contributed by atoms with van der Waals surface area (Å²) in [5.74, 6) is 0.731. The van der Waals surface area contributed by atoms with Crippen LogP contribution in [0.3, 0.4) is 0 Å². The highest BCUT2D eigenvalue weighted by Crippen LogP contribution is 2.32. The van der Waals surface area contributed by atoms with E-state index in [1.54, 1.807) is 13.1 Å². The Kier molecular flexibility index (Phi) is 5.09. The lowest BCUT2D eigenvalue weighted by molar-refractivity contribution is -0.137. The first-order valence-corrected chi connectivity index (χ1v) is 6.90. The summed E-state index contributed by atoms with van der Waals surface area (Å²) in [5.41, 5.74) is -0.712. The number of aromatic nitrogens is 3. The second-order valence-corrected chi connectivity index (χ2v) is 4.89. The molecule has 2 heterocycles. The van der Waals surface area contributed by atoms with Crippen LogP contribution in [0, 0.1) is 0 Å². The molecule has 0 fully saturated rings. The minimum Gasteiger partial charge on any atom is -0.353 e. The van der Waals surface area contributed by atoms with Gasteiger partial charge in [-0.25, -0.2) is 0 Å². The maximum Gasteiger partial charge on any atom is 0.417 e. The highest BCUT2D eigenvalue weighted by atomic mass is 35.5. The van der Waals surface area contributed by atoms with Gasteiger partial charge in [-0.15, -0.1) is 16.8 Å². The second-order valence-electron chi connectivity index (χ2n) is 4.48. The maximum absolute atomic E-state index is 12.9. The Morgan fingerprint density at radius 1 is 1.43 bits per heavy atom. The molecule has 0 radical (unpaired) electrons. The molecular weight excluding hydrogens is 333 g/mol. The molecule has 124 valence electrons. The lowest BCUT2D eigenvalue weighted by Gasteiger charge is -2.11. The number of pyridine rings is 1. The molecule has 2 aromatic heterocycles. The Bertz CT molecular complexity index is 737. The van der Waals surface area contributed by atoms with Gasteiger partial charge in [-0.05, 0) is 6.07 Å². The summed E-state index contributed by atoms with van der Waals surface area (Å²) < 4.78 is 39.8. The topological polar surface area (TPSA) is 66.6 Å². The molecular formula is C13H14ClF3N6. The SMILES string of the molecule is C=CCNC(=NC)NCc1nnc2c(Cl)cc(C(F)(F)F)cn12. The van der Waals surface area contributed by atoms with Gasteiger partial charge in [-0.1, -0.05) is 17.7 Å². The van der Waals surface area contributed by atoms with E-state index in [2.05, 4.69) is 32.4 Å². The van der Waals surface area contributed by atoms with Gasteiger partial charge in [0.2, 0.25) is 0 Å². The van der Waals surface area contributed by atoms with E-state index in [1.165, 1.54) is 4.40 Å². The van der Waals surface area contributed by atoms with Crippen molar-refractivity contribution in [1.29, 1.82) is 0 Å². The number of aliphatic imine (C=N–C) groups is 1. The first-order chi connectivity index (χ1) is 10.9. The molecule has 0 unspecified atom stereocenters. The predicted molar refractivity (Wildman–Crippen MR) is 81.4 cm³/mol. The van der Waals surface area contributed by atoms with Crippen molar-refractivity contribution in [2.75, 3.05) is 13.6 Å². The highest BCUT2D eigenvalue weighted by molar-refractivity contribution is 6.33. The number of rotatable bonds is 4. The zero-order chi connectivity index (χ0) is 17.0. The Labute approximate surface area is 135 Å². The zero-order valence-corrected chi connectivity index (χ0v) is 12.9. The number of guanidine groups is 1. The molecule has 0 aliphatic heterocycles. The van der Waals surface area contributed by atoms with Crippen molar-refractivity contribution >= 4 is 23.2 Å². The standard InChI is InChI=1S/C13H14ClF3N6/c1-3-4-19-12(18-2)20-6-10-21-22-11-9(14)5-8(7-23(10)11)13(15,16)17/h3,5,7H,1,4,6H2,2H3,(H2,18,19,20). The van der Waals surface area contributed by atoms with Gasteiger partial charge in [0.05, 0.1) is 17.1 Å². The largest absolute Gasteiger partial charge is 0.417 e. The van der Waals surface area contributed by atoms with Crippen molar-refractivity contribution in [2.45, 2.75) is 12.7 Å². The molecule has 0 amide bonds. The quantitative estimate of drug-likeness (QED) is 0.506. The Balaban J connectivity index is 2.28. The predicted octanol–water partition coefficient (Wildman–Crippen LogP) is 2.25. The van der Waals surface area contributed by atoms with Crippen molar-refractivity contribution in [3.63, 3.8) is 0 Å². The lowest BCUT2D eigenvalue weighted by Crippen LogP contribution is -2.37. The molecule has 0 saturated carbocycles. The highest BCUT2D eigenvalue weighted by Gasteiger charge is 2.32. The van der Waals surface area contributed by atoms with E-state index in [-0.39, 0.29) is 23.0 Å². The van der Waals surface area contributed by atoms with Gasteiger partial charge in [-0.3, -0.25) is 9.39 Å². The van der Waals surface area contributed by atoms with Crippen molar-refractivity contribution in [1.82, 2.24) is 25.2 Å². The molecule has 2 N–H and O–H groups in total. The lowest BCUT2D eigenvalue weighted by atomic mass is 10.3. The van der Waals surface area contributed by atoms with E-state index >= 15 is 0 Å². The van der Waals surface area contributed by atoms with Crippen molar-refractivity contribution in [2.24, 2.45) is 4.99 Å². The van der Waals surface area contributed by atoms with Crippen LogP contribution in [0.5, 0.6) is 0 Å². The monoisotopic (exact) mass is 346 g/mol. The van der Waals surface area contributed by atoms with Gasteiger partial charge < -0.3 is 10.6 Å². The van der Waals surface area contributed by atoms with Crippen LogP contribution in [0.1, 0.15) is 11.4 Å². The molecule has 0 aliphatic rings. The molecule has 2 aromatic rings. The normalized spacial score (nSPS) is 12.5. The number of nitrogens with zero attached hydrogens (tertiary/aromatic N) is 4. The average molecular weight is 347 g/mol. The van der Waals surface area contributed by atoms with Crippen LogP contribution in [0.2, 0.25) is 5.02 Å². The summed E-state index contributed by atoms with van der Waals surface area (Å²) in [4.78, 5) is 3.96.